The molecule has 1 aliphatic carbocycles. The topological polar surface area (TPSA) is 62.2 Å². The van der Waals surface area contributed by atoms with Crippen LogP contribution in [0.4, 0.5) is 0 Å². The van der Waals surface area contributed by atoms with E-state index in [2.05, 4.69) is 72.0 Å². The highest BCUT2D eigenvalue weighted by molar-refractivity contribution is 5.77. The highest BCUT2D eigenvalue weighted by Crippen LogP contribution is 2.27. The number of carbonyl (C=O) groups is 1. The van der Waals surface area contributed by atoms with Gasteiger partial charge in [-0.3, -0.25) is 4.79 Å². The van der Waals surface area contributed by atoms with Gasteiger partial charge in [-0.25, -0.2) is 0 Å². The van der Waals surface area contributed by atoms with Gasteiger partial charge in [0.05, 0.1) is 6.61 Å². The van der Waals surface area contributed by atoms with Crippen molar-refractivity contribution < 1.29 is 9.53 Å². The molecule has 0 aliphatic heterocycles. The van der Waals surface area contributed by atoms with Gasteiger partial charge >= 0.3 is 0 Å². The zero-order chi connectivity index (χ0) is 29.0. The number of nitrogens with one attached hydrogen (secondary N) is 2. The van der Waals surface area contributed by atoms with Crippen LogP contribution in [0.15, 0.2) is 34.9 Å². The maximum atomic E-state index is 12.8. The Kier molecular flexibility index (Phi) is 19.1. The molecule has 4 heteroatoms. The highest BCUT2D eigenvalue weighted by atomic mass is 16.5. The van der Waals surface area contributed by atoms with Gasteiger partial charge in [-0.2, -0.15) is 0 Å². The van der Waals surface area contributed by atoms with E-state index in [1.54, 1.807) is 0 Å². The number of ether oxygens (including phenoxy) is 1. The van der Waals surface area contributed by atoms with Gasteiger partial charge in [0, 0.05) is 25.3 Å². The third-order valence-corrected chi connectivity index (χ3v) is 8.76. The molecule has 0 saturated heterocycles. The van der Waals surface area contributed by atoms with Crippen molar-refractivity contribution in [3.63, 3.8) is 0 Å². The molecule has 0 aromatic rings. The standard InChI is InChI=1S/C35H62N2O2/c1-8-14-31(23-27(4)9-2)16-12-21-39-22-13-17-32(26-36)25-33(10-3)29(6)24-35(38)37-30(7)34-18-11-15-28(5)19-20-34/h15,17,20,26-27,29-31,33,36H,8-14,16,18-19,21-25H2,1-7H3,(H,37,38)/b32-17-,36-26?. The molecule has 1 aliphatic rings. The van der Waals surface area contributed by atoms with Crippen LogP contribution in [0.5, 0.6) is 0 Å². The molecule has 1 amide bonds. The summed E-state index contributed by atoms with van der Waals surface area (Å²) in [6, 6.07) is 0.0959. The van der Waals surface area contributed by atoms with Crippen LogP contribution in [0, 0.1) is 29.1 Å². The second-order valence-corrected chi connectivity index (χ2v) is 12.3. The molecule has 0 fully saturated rings. The first-order valence-corrected chi connectivity index (χ1v) is 16.1. The smallest absolute Gasteiger partial charge is 0.220 e. The summed E-state index contributed by atoms with van der Waals surface area (Å²) in [7, 11) is 0. The molecule has 0 aromatic heterocycles. The molecule has 4 nitrogen and oxygen atoms in total. The van der Waals surface area contributed by atoms with Crippen LogP contribution < -0.4 is 5.32 Å². The predicted octanol–water partition coefficient (Wildman–Crippen LogP) is 9.61. The van der Waals surface area contributed by atoms with Crippen LogP contribution in [0.25, 0.3) is 0 Å². The number of amides is 1. The van der Waals surface area contributed by atoms with Crippen molar-refractivity contribution in [2.24, 2.45) is 23.7 Å². The van der Waals surface area contributed by atoms with E-state index in [0.717, 1.165) is 75.6 Å². The van der Waals surface area contributed by atoms with Crippen LogP contribution in [0.3, 0.4) is 0 Å². The lowest BCUT2D eigenvalue weighted by molar-refractivity contribution is -0.122. The summed E-state index contributed by atoms with van der Waals surface area (Å²) in [5.74, 6) is 2.48. The lowest BCUT2D eigenvalue weighted by Crippen LogP contribution is -2.35. The average molecular weight is 543 g/mol. The quantitative estimate of drug-likeness (QED) is 0.0861. The summed E-state index contributed by atoms with van der Waals surface area (Å²) in [5, 5.41) is 11.2. The number of hydrogen-bond acceptors (Lipinski definition) is 3. The van der Waals surface area contributed by atoms with Gasteiger partial charge in [-0.15, -0.1) is 0 Å². The van der Waals surface area contributed by atoms with E-state index in [1.807, 2.05) is 0 Å². The van der Waals surface area contributed by atoms with E-state index >= 15 is 0 Å². The first-order valence-electron chi connectivity index (χ1n) is 16.1. The van der Waals surface area contributed by atoms with Crippen molar-refractivity contribution in [1.82, 2.24) is 5.32 Å². The van der Waals surface area contributed by atoms with Gasteiger partial charge in [0.1, 0.15) is 0 Å². The fourth-order valence-corrected chi connectivity index (χ4v) is 5.89. The van der Waals surface area contributed by atoms with Crippen molar-refractivity contribution in [2.45, 2.75) is 138 Å². The normalized spacial score (nSPS) is 18.3. The van der Waals surface area contributed by atoms with Crippen LogP contribution in [-0.4, -0.2) is 31.4 Å². The lowest BCUT2D eigenvalue weighted by atomic mass is 9.83. The zero-order valence-corrected chi connectivity index (χ0v) is 26.6. The van der Waals surface area contributed by atoms with Crippen molar-refractivity contribution in [3.8, 4) is 0 Å². The van der Waals surface area contributed by atoms with Crippen molar-refractivity contribution in [3.05, 3.63) is 34.9 Å². The first-order chi connectivity index (χ1) is 18.7. The van der Waals surface area contributed by atoms with Crippen LogP contribution in [-0.2, 0) is 9.53 Å². The van der Waals surface area contributed by atoms with Gasteiger partial charge in [0.2, 0.25) is 5.91 Å². The Bertz CT molecular complexity index is 782. The molecule has 0 radical (unpaired) electrons. The van der Waals surface area contributed by atoms with Crippen LogP contribution >= 0.6 is 0 Å². The number of allylic oxidation sites excluding steroid dienone is 4. The van der Waals surface area contributed by atoms with Gasteiger partial charge in [0.15, 0.2) is 0 Å². The third kappa shape index (κ3) is 15.6. The molecule has 5 atom stereocenters. The number of rotatable bonds is 21. The Balaban J connectivity index is 2.41. The molecule has 39 heavy (non-hydrogen) atoms. The largest absolute Gasteiger partial charge is 0.381 e. The Labute approximate surface area is 242 Å². The maximum absolute atomic E-state index is 12.8. The molecule has 0 bridgehead atoms. The Morgan fingerprint density at radius 3 is 2.51 bits per heavy atom. The number of hydrogen-bond donors (Lipinski definition) is 2. The average Bonchev–Trinajstić information content (AvgIpc) is 3.13. The fourth-order valence-electron chi connectivity index (χ4n) is 5.89. The summed E-state index contributed by atoms with van der Waals surface area (Å²) in [6.07, 6.45) is 22.3. The molecule has 1 rings (SSSR count). The molecular formula is C35H62N2O2. The maximum Gasteiger partial charge on any atom is 0.220 e. The lowest BCUT2D eigenvalue weighted by Gasteiger charge is -2.24. The van der Waals surface area contributed by atoms with Crippen molar-refractivity contribution in [1.29, 1.82) is 5.41 Å². The molecule has 5 unspecified atom stereocenters. The van der Waals surface area contributed by atoms with E-state index in [4.69, 9.17) is 10.1 Å². The number of carbonyl (C=O) groups excluding carboxylic acids is 1. The molecule has 0 saturated carbocycles. The first kappa shape index (κ1) is 35.3. The highest BCUT2D eigenvalue weighted by Gasteiger charge is 2.21. The second-order valence-electron chi connectivity index (χ2n) is 12.3. The molecule has 224 valence electrons. The van der Waals surface area contributed by atoms with E-state index in [9.17, 15) is 4.79 Å². The summed E-state index contributed by atoms with van der Waals surface area (Å²) in [6.45, 7) is 17.2. The monoisotopic (exact) mass is 542 g/mol. The SMILES string of the molecule is CCCC(CCCOCC/C=C(\C=N)CC(CC)C(C)CC(=O)NC(C)C1=CCC(C)=CCC1)CC(C)CC. The van der Waals surface area contributed by atoms with E-state index in [-0.39, 0.29) is 17.9 Å². The minimum Gasteiger partial charge on any atom is -0.381 e. The Hall–Kier alpha value is -1.68. The van der Waals surface area contributed by atoms with Crippen LogP contribution in [0.1, 0.15) is 132 Å². The zero-order valence-electron chi connectivity index (χ0n) is 26.6. The Morgan fingerprint density at radius 1 is 1.08 bits per heavy atom. The predicted molar refractivity (Wildman–Crippen MR) is 169 cm³/mol. The minimum atomic E-state index is 0.0959. The summed E-state index contributed by atoms with van der Waals surface area (Å²) >= 11 is 0. The summed E-state index contributed by atoms with van der Waals surface area (Å²) in [5.41, 5.74) is 3.82. The van der Waals surface area contributed by atoms with Gasteiger partial charge in [0.25, 0.3) is 0 Å². The molecule has 0 aromatic carbocycles. The van der Waals surface area contributed by atoms with Crippen LogP contribution in [0.2, 0.25) is 0 Å². The molecule has 2 N–H and O–H groups in total. The Morgan fingerprint density at radius 2 is 1.85 bits per heavy atom. The second kappa shape index (κ2) is 21.1. The fraction of sp³-hybridized carbons (Fsp3) is 0.771. The molecule has 0 heterocycles. The molecular weight excluding hydrogens is 480 g/mol. The third-order valence-electron chi connectivity index (χ3n) is 8.76. The minimum absolute atomic E-state index is 0.0959. The van der Waals surface area contributed by atoms with E-state index < -0.39 is 0 Å². The van der Waals surface area contributed by atoms with Gasteiger partial charge < -0.3 is 15.5 Å². The molecule has 0 spiro atoms. The van der Waals surface area contributed by atoms with Gasteiger partial charge in [-0.1, -0.05) is 89.7 Å². The van der Waals surface area contributed by atoms with Crippen molar-refractivity contribution >= 4 is 12.1 Å². The summed E-state index contributed by atoms with van der Waals surface area (Å²) in [4.78, 5) is 12.8. The van der Waals surface area contributed by atoms with Gasteiger partial charge in [-0.05, 0) is 94.5 Å². The van der Waals surface area contributed by atoms with Crippen molar-refractivity contribution in [2.75, 3.05) is 13.2 Å². The van der Waals surface area contributed by atoms with E-state index in [1.165, 1.54) is 49.5 Å². The van der Waals surface area contributed by atoms with E-state index in [0.29, 0.717) is 12.3 Å². The summed E-state index contributed by atoms with van der Waals surface area (Å²) < 4.78 is 5.94.